The zero-order chi connectivity index (χ0) is 25.4. The maximum atomic E-state index is 13.5. The Hall–Kier alpha value is -3.45. The number of carbonyl (C=O) groups excluding carboxylic acids is 3. The predicted octanol–water partition coefficient (Wildman–Crippen LogP) is 2.77. The van der Waals surface area contributed by atoms with Gasteiger partial charge in [0.25, 0.3) is 5.91 Å². The van der Waals surface area contributed by atoms with E-state index in [0.29, 0.717) is 30.8 Å². The van der Waals surface area contributed by atoms with Crippen LogP contribution in [0.1, 0.15) is 42.6 Å². The number of carbonyl (C=O) groups is 3. The Kier molecular flexibility index (Phi) is 9.20. The van der Waals surface area contributed by atoms with Crippen LogP contribution in [-0.4, -0.2) is 65.3 Å². The Labute approximate surface area is 208 Å². The molecule has 1 saturated heterocycles. The molecule has 0 spiro atoms. The Morgan fingerprint density at radius 3 is 2.34 bits per heavy atom. The van der Waals surface area contributed by atoms with Crippen LogP contribution in [0.4, 0.5) is 0 Å². The molecule has 1 aliphatic heterocycles. The molecule has 3 N–H and O–H groups in total. The molecule has 7 nitrogen and oxygen atoms in total. The Bertz CT molecular complexity index is 1020. The smallest absolute Gasteiger partial charge is 0.253 e. The summed E-state index contributed by atoms with van der Waals surface area (Å²) in [6, 6.07) is 17.6. The van der Waals surface area contributed by atoms with E-state index in [-0.39, 0.29) is 17.9 Å². The van der Waals surface area contributed by atoms with E-state index in [1.807, 2.05) is 53.4 Å². The SMILES string of the molecule is C=C(C)[C@H](NC(=O)[C@H](C)N)C(=O)N1CCC[C@H]1CN(CCc1ccccc1)C(=O)c1ccccc1. The quantitative estimate of drug-likeness (QED) is 0.516. The Balaban J connectivity index is 1.78. The van der Waals surface area contributed by atoms with Gasteiger partial charge in [-0.05, 0) is 56.4 Å². The summed E-state index contributed by atoms with van der Waals surface area (Å²) >= 11 is 0. The second-order valence-corrected chi connectivity index (χ2v) is 9.26. The number of hydrogen-bond acceptors (Lipinski definition) is 4. The van der Waals surface area contributed by atoms with Crippen molar-refractivity contribution in [1.82, 2.24) is 15.1 Å². The van der Waals surface area contributed by atoms with E-state index in [0.717, 1.165) is 24.8 Å². The van der Waals surface area contributed by atoms with Crippen molar-refractivity contribution < 1.29 is 14.4 Å². The molecule has 1 fully saturated rings. The minimum atomic E-state index is -0.836. The summed E-state index contributed by atoms with van der Waals surface area (Å²) in [7, 11) is 0. The van der Waals surface area contributed by atoms with Crippen molar-refractivity contribution in [3.05, 3.63) is 83.9 Å². The molecule has 0 radical (unpaired) electrons. The zero-order valence-corrected chi connectivity index (χ0v) is 20.7. The van der Waals surface area contributed by atoms with E-state index in [9.17, 15) is 14.4 Å². The minimum absolute atomic E-state index is 0.0532. The first kappa shape index (κ1) is 26.2. The van der Waals surface area contributed by atoms with Crippen LogP contribution < -0.4 is 11.1 Å². The van der Waals surface area contributed by atoms with Crippen LogP contribution in [0.25, 0.3) is 0 Å². The van der Waals surface area contributed by atoms with Gasteiger partial charge in [-0.3, -0.25) is 14.4 Å². The number of amides is 3. The van der Waals surface area contributed by atoms with E-state index < -0.39 is 18.0 Å². The van der Waals surface area contributed by atoms with Crippen molar-refractivity contribution >= 4 is 17.7 Å². The van der Waals surface area contributed by atoms with Crippen LogP contribution in [0, 0.1) is 0 Å². The van der Waals surface area contributed by atoms with Crippen LogP contribution >= 0.6 is 0 Å². The van der Waals surface area contributed by atoms with Crippen molar-refractivity contribution in [3.63, 3.8) is 0 Å². The molecule has 0 unspecified atom stereocenters. The lowest BCUT2D eigenvalue weighted by Crippen LogP contribution is -2.55. The number of nitrogens with one attached hydrogen (secondary N) is 1. The Morgan fingerprint density at radius 1 is 1.11 bits per heavy atom. The normalized spacial score (nSPS) is 16.9. The highest BCUT2D eigenvalue weighted by molar-refractivity contribution is 5.94. The molecule has 1 heterocycles. The summed E-state index contributed by atoms with van der Waals surface area (Å²) < 4.78 is 0. The van der Waals surface area contributed by atoms with E-state index in [2.05, 4.69) is 24.0 Å². The van der Waals surface area contributed by atoms with Gasteiger partial charge in [-0.15, -0.1) is 0 Å². The molecule has 7 heteroatoms. The third kappa shape index (κ3) is 7.02. The predicted molar refractivity (Wildman–Crippen MR) is 138 cm³/mol. The Morgan fingerprint density at radius 2 is 1.74 bits per heavy atom. The highest BCUT2D eigenvalue weighted by atomic mass is 16.2. The van der Waals surface area contributed by atoms with Crippen molar-refractivity contribution in [2.75, 3.05) is 19.6 Å². The number of nitrogens with zero attached hydrogens (tertiary/aromatic N) is 2. The fourth-order valence-electron chi connectivity index (χ4n) is 4.35. The number of rotatable bonds is 10. The lowest BCUT2D eigenvalue weighted by molar-refractivity contribution is -0.136. The van der Waals surface area contributed by atoms with Gasteiger partial charge in [-0.1, -0.05) is 55.1 Å². The second-order valence-electron chi connectivity index (χ2n) is 9.26. The average Bonchev–Trinajstić information content (AvgIpc) is 3.33. The topological polar surface area (TPSA) is 95.7 Å². The number of hydrogen-bond donors (Lipinski definition) is 2. The maximum absolute atomic E-state index is 13.5. The summed E-state index contributed by atoms with van der Waals surface area (Å²) in [6.45, 7) is 8.76. The number of benzene rings is 2. The fraction of sp³-hybridized carbons (Fsp3) is 0.393. The first-order chi connectivity index (χ1) is 16.8. The molecule has 2 aromatic carbocycles. The van der Waals surface area contributed by atoms with Gasteiger partial charge in [0, 0.05) is 31.2 Å². The summed E-state index contributed by atoms with van der Waals surface area (Å²) in [5, 5.41) is 2.73. The van der Waals surface area contributed by atoms with E-state index in [1.165, 1.54) is 0 Å². The molecule has 0 aliphatic carbocycles. The maximum Gasteiger partial charge on any atom is 0.253 e. The number of nitrogens with two attached hydrogens (primary N) is 1. The highest BCUT2D eigenvalue weighted by Crippen LogP contribution is 2.22. The first-order valence-electron chi connectivity index (χ1n) is 12.2. The molecule has 3 amide bonds. The molecular formula is C28H36N4O3. The van der Waals surface area contributed by atoms with E-state index in [4.69, 9.17) is 5.73 Å². The van der Waals surface area contributed by atoms with Gasteiger partial charge >= 0.3 is 0 Å². The van der Waals surface area contributed by atoms with Crippen LogP contribution in [-0.2, 0) is 16.0 Å². The van der Waals surface area contributed by atoms with Gasteiger partial charge in [0.2, 0.25) is 11.8 Å². The largest absolute Gasteiger partial charge is 0.339 e. The second kappa shape index (κ2) is 12.3. The average molecular weight is 477 g/mol. The summed E-state index contributed by atoms with van der Waals surface area (Å²) in [5.41, 5.74) is 8.02. The highest BCUT2D eigenvalue weighted by Gasteiger charge is 2.36. The molecule has 0 bridgehead atoms. The minimum Gasteiger partial charge on any atom is -0.339 e. The third-order valence-electron chi connectivity index (χ3n) is 6.35. The van der Waals surface area contributed by atoms with Gasteiger partial charge in [0.05, 0.1) is 6.04 Å². The van der Waals surface area contributed by atoms with Crippen molar-refractivity contribution in [2.45, 2.75) is 51.2 Å². The van der Waals surface area contributed by atoms with Crippen LogP contribution in [0.5, 0.6) is 0 Å². The number of likely N-dealkylation sites (tertiary alicyclic amines) is 1. The lowest BCUT2D eigenvalue weighted by atomic mass is 10.1. The van der Waals surface area contributed by atoms with Crippen molar-refractivity contribution in [3.8, 4) is 0 Å². The van der Waals surface area contributed by atoms with Crippen LogP contribution in [0.2, 0.25) is 0 Å². The standard InChI is InChI=1S/C28H36N4O3/c1-20(2)25(30-26(33)21(3)29)28(35)32-17-10-15-24(32)19-31(18-16-22-11-6-4-7-12-22)27(34)23-13-8-5-9-14-23/h4-9,11-14,21,24-25H,1,10,15-19,29H2,2-3H3,(H,30,33)/t21-,24-,25-/m0/s1. The molecule has 3 rings (SSSR count). The van der Waals surface area contributed by atoms with Gasteiger partial charge in [-0.2, -0.15) is 0 Å². The van der Waals surface area contributed by atoms with Crippen molar-refractivity contribution in [1.29, 1.82) is 0 Å². The van der Waals surface area contributed by atoms with E-state index >= 15 is 0 Å². The van der Waals surface area contributed by atoms with Crippen LogP contribution in [0.15, 0.2) is 72.8 Å². The molecule has 186 valence electrons. The molecule has 35 heavy (non-hydrogen) atoms. The van der Waals surface area contributed by atoms with E-state index in [1.54, 1.807) is 18.7 Å². The molecule has 3 atom stereocenters. The first-order valence-corrected chi connectivity index (χ1v) is 12.2. The monoisotopic (exact) mass is 476 g/mol. The molecular weight excluding hydrogens is 440 g/mol. The van der Waals surface area contributed by atoms with Crippen molar-refractivity contribution in [2.24, 2.45) is 5.73 Å². The molecule has 2 aromatic rings. The molecule has 1 aliphatic rings. The van der Waals surface area contributed by atoms with Gasteiger partial charge in [-0.25, -0.2) is 0 Å². The fourth-order valence-corrected chi connectivity index (χ4v) is 4.35. The summed E-state index contributed by atoms with van der Waals surface area (Å²) in [4.78, 5) is 42.7. The van der Waals surface area contributed by atoms with Gasteiger partial charge < -0.3 is 20.9 Å². The van der Waals surface area contributed by atoms with Crippen LogP contribution in [0.3, 0.4) is 0 Å². The summed E-state index contributed by atoms with van der Waals surface area (Å²) in [5.74, 6) is -0.655. The molecule has 0 aromatic heterocycles. The van der Waals surface area contributed by atoms with Gasteiger partial charge in [0.1, 0.15) is 6.04 Å². The lowest BCUT2D eigenvalue weighted by Gasteiger charge is -2.33. The third-order valence-corrected chi connectivity index (χ3v) is 6.35. The summed E-state index contributed by atoms with van der Waals surface area (Å²) in [6.07, 6.45) is 2.35. The van der Waals surface area contributed by atoms with Gasteiger partial charge in [0.15, 0.2) is 0 Å². The molecule has 0 saturated carbocycles. The zero-order valence-electron chi connectivity index (χ0n) is 20.7.